The Bertz CT molecular complexity index is 400. The number of esters is 1. The maximum absolute atomic E-state index is 11.7. The van der Waals surface area contributed by atoms with Gasteiger partial charge in [0.25, 0.3) is 0 Å². The number of rotatable bonds is 10. The summed E-state index contributed by atoms with van der Waals surface area (Å²) in [6.45, 7) is 2.40. The third-order valence-electron chi connectivity index (χ3n) is 3.43. The normalized spacial score (nSPS) is 12.1. The number of hydrogen-bond donors (Lipinski definition) is 2. The summed E-state index contributed by atoms with van der Waals surface area (Å²) < 4.78 is 5.10. The van der Waals surface area contributed by atoms with Crippen molar-refractivity contribution in [2.24, 2.45) is 0 Å². The first-order valence-corrected chi connectivity index (χ1v) is 7.77. The lowest BCUT2D eigenvalue weighted by molar-refractivity contribution is 0.0422. The van der Waals surface area contributed by atoms with Gasteiger partial charge in [0.15, 0.2) is 0 Å². The van der Waals surface area contributed by atoms with Crippen LogP contribution in [0, 0.1) is 0 Å². The van der Waals surface area contributed by atoms with E-state index in [4.69, 9.17) is 9.84 Å². The van der Waals surface area contributed by atoms with Crippen LogP contribution in [0.5, 0.6) is 5.75 Å². The van der Waals surface area contributed by atoms with Crippen molar-refractivity contribution in [2.45, 2.75) is 58.0 Å². The van der Waals surface area contributed by atoms with Gasteiger partial charge in [0.1, 0.15) is 5.75 Å². The van der Waals surface area contributed by atoms with Crippen LogP contribution in [-0.4, -0.2) is 28.9 Å². The molecule has 0 radical (unpaired) electrons. The molecule has 0 aliphatic rings. The Balaban J connectivity index is 2.12. The zero-order valence-electron chi connectivity index (χ0n) is 12.8. The van der Waals surface area contributed by atoms with E-state index in [9.17, 15) is 9.90 Å². The Morgan fingerprint density at radius 1 is 1.10 bits per heavy atom. The molecule has 0 fully saturated rings. The fourth-order valence-electron chi connectivity index (χ4n) is 2.10. The first-order chi connectivity index (χ1) is 10.1. The van der Waals surface area contributed by atoms with Crippen molar-refractivity contribution < 1.29 is 19.7 Å². The number of carbonyl (C=O) groups is 1. The second-order valence-electron chi connectivity index (χ2n) is 5.33. The van der Waals surface area contributed by atoms with Crippen molar-refractivity contribution in [2.75, 3.05) is 6.61 Å². The molecule has 4 nitrogen and oxygen atoms in total. The number of ether oxygens (including phenoxy) is 1. The summed E-state index contributed by atoms with van der Waals surface area (Å²) in [4.78, 5) is 11.7. The van der Waals surface area contributed by atoms with Gasteiger partial charge in [0.05, 0.1) is 18.3 Å². The van der Waals surface area contributed by atoms with Crippen LogP contribution in [0.2, 0.25) is 0 Å². The topological polar surface area (TPSA) is 66.8 Å². The van der Waals surface area contributed by atoms with Crippen LogP contribution in [-0.2, 0) is 4.74 Å². The number of unbranched alkanes of at least 4 members (excludes halogenated alkanes) is 4. The van der Waals surface area contributed by atoms with Gasteiger partial charge in [-0.2, -0.15) is 0 Å². The average molecular weight is 294 g/mol. The molecule has 21 heavy (non-hydrogen) atoms. The Morgan fingerprint density at radius 3 is 2.43 bits per heavy atom. The number of benzene rings is 1. The van der Waals surface area contributed by atoms with Gasteiger partial charge in [-0.05, 0) is 30.7 Å². The molecule has 0 aliphatic heterocycles. The number of aliphatic hydroxyl groups is 1. The second-order valence-corrected chi connectivity index (χ2v) is 5.33. The SMILES string of the molecule is CCCCCCCC(O)CCOC(=O)c1ccc(O)cc1. The average Bonchev–Trinajstić information content (AvgIpc) is 2.47. The molecule has 0 aromatic heterocycles. The van der Waals surface area contributed by atoms with Crippen LogP contribution in [0.4, 0.5) is 0 Å². The van der Waals surface area contributed by atoms with E-state index in [2.05, 4.69) is 6.92 Å². The highest BCUT2D eigenvalue weighted by molar-refractivity contribution is 5.89. The molecule has 0 heterocycles. The van der Waals surface area contributed by atoms with Crippen LogP contribution in [0.1, 0.15) is 62.2 Å². The van der Waals surface area contributed by atoms with E-state index in [1.54, 1.807) is 0 Å². The summed E-state index contributed by atoms with van der Waals surface area (Å²) in [6, 6.07) is 5.92. The summed E-state index contributed by atoms with van der Waals surface area (Å²) in [6.07, 6.45) is 6.69. The maximum atomic E-state index is 11.7. The third-order valence-corrected chi connectivity index (χ3v) is 3.43. The van der Waals surface area contributed by atoms with E-state index in [-0.39, 0.29) is 12.4 Å². The van der Waals surface area contributed by atoms with Gasteiger partial charge in [-0.3, -0.25) is 0 Å². The molecule has 1 aromatic carbocycles. The van der Waals surface area contributed by atoms with Gasteiger partial charge in [-0.1, -0.05) is 39.0 Å². The molecule has 0 bridgehead atoms. The first kappa shape index (κ1) is 17.5. The predicted octanol–water partition coefficient (Wildman–Crippen LogP) is 3.66. The standard InChI is InChI=1S/C17H26O4/c1-2-3-4-5-6-7-15(18)12-13-21-17(20)14-8-10-16(19)11-9-14/h8-11,15,18-19H,2-7,12-13H2,1H3. The highest BCUT2D eigenvalue weighted by atomic mass is 16.5. The number of aromatic hydroxyl groups is 1. The molecule has 4 heteroatoms. The van der Waals surface area contributed by atoms with Crippen LogP contribution in [0.25, 0.3) is 0 Å². The van der Waals surface area contributed by atoms with Crippen molar-refractivity contribution in [3.05, 3.63) is 29.8 Å². The molecule has 1 atom stereocenters. The first-order valence-electron chi connectivity index (χ1n) is 7.77. The second kappa shape index (κ2) is 10.2. The molecular formula is C17H26O4. The summed E-state index contributed by atoms with van der Waals surface area (Å²) >= 11 is 0. The van der Waals surface area contributed by atoms with Crippen molar-refractivity contribution in [1.82, 2.24) is 0 Å². The van der Waals surface area contributed by atoms with Gasteiger partial charge in [-0.15, -0.1) is 0 Å². The minimum atomic E-state index is -0.426. The molecular weight excluding hydrogens is 268 g/mol. The number of carbonyl (C=O) groups excluding carboxylic acids is 1. The van der Waals surface area contributed by atoms with E-state index in [0.29, 0.717) is 12.0 Å². The number of aliphatic hydroxyl groups excluding tert-OH is 1. The van der Waals surface area contributed by atoms with Gasteiger partial charge < -0.3 is 14.9 Å². The predicted molar refractivity (Wildman–Crippen MR) is 82.4 cm³/mol. The molecule has 1 rings (SSSR count). The molecule has 2 N–H and O–H groups in total. The van der Waals surface area contributed by atoms with E-state index in [1.807, 2.05) is 0 Å². The quantitative estimate of drug-likeness (QED) is 0.510. The molecule has 0 saturated heterocycles. The summed E-state index contributed by atoms with van der Waals surface area (Å²) in [5.74, 6) is -0.310. The smallest absolute Gasteiger partial charge is 0.338 e. The van der Waals surface area contributed by atoms with Gasteiger partial charge in [0, 0.05) is 6.42 Å². The third kappa shape index (κ3) is 7.71. The molecule has 0 aliphatic carbocycles. The minimum absolute atomic E-state index is 0.116. The zero-order valence-corrected chi connectivity index (χ0v) is 12.8. The molecule has 1 unspecified atom stereocenters. The fraction of sp³-hybridized carbons (Fsp3) is 0.588. The Hall–Kier alpha value is -1.55. The highest BCUT2D eigenvalue weighted by Gasteiger charge is 2.09. The van der Waals surface area contributed by atoms with Gasteiger partial charge in [0.2, 0.25) is 0 Å². The lowest BCUT2D eigenvalue weighted by Crippen LogP contribution is -2.13. The van der Waals surface area contributed by atoms with E-state index < -0.39 is 12.1 Å². The lowest BCUT2D eigenvalue weighted by atomic mass is 10.1. The molecule has 0 spiro atoms. The van der Waals surface area contributed by atoms with Crippen molar-refractivity contribution >= 4 is 5.97 Å². The Morgan fingerprint density at radius 2 is 1.76 bits per heavy atom. The van der Waals surface area contributed by atoms with Crippen LogP contribution in [0.15, 0.2) is 24.3 Å². The summed E-state index contributed by atoms with van der Waals surface area (Å²) in [5.41, 5.74) is 0.404. The zero-order chi connectivity index (χ0) is 15.5. The number of phenolic OH excluding ortho intramolecular Hbond substituents is 1. The van der Waals surface area contributed by atoms with Crippen molar-refractivity contribution in [3.8, 4) is 5.75 Å². The summed E-state index contributed by atoms with van der Waals surface area (Å²) in [7, 11) is 0. The molecule has 0 amide bonds. The van der Waals surface area contributed by atoms with E-state index >= 15 is 0 Å². The highest BCUT2D eigenvalue weighted by Crippen LogP contribution is 2.12. The fourth-order valence-corrected chi connectivity index (χ4v) is 2.10. The van der Waals surface area contributed by atoms with Crippen LogP contribution in [0.3, 0.4) is 0 Å². The van der Waals surface area contributed by atoms with E-state index in [1.165, 1.54) is 43.5 Å². The van der Waals surface area contributed by atoms with Crippen molar-refractivity contribution in [1.29, 1.82) is 0 Å². The minimum Gasteiger partial charge on any atom is -0.508 e. The van der Waals surface area contributed by atoms with Gasteiger partial charge >= 0.3 is 5.97 Å². The number of hydrogen-bond acceptors (Lipinski definition) is 4. The largest absolute Gasteiger partial charge is 0.508 e. The molecule has 118 valence electrons. The molecule has 1 aromatic rings. The summed E-state index contributed by atoms with van der Waals surface area (Å²) in [5, 5.41) is 18.9. The monoisotopic (exact) mass is 294 g/mol. The van der Waals surface area contributed by atoms with E-state index in [0.717, 1.165) is 19.3 Å². The Kier molecular flexibility index (Phi) is 8.51. The van der Waals surface area contributed by atoms with Crippen molar-refractivity contribution in [3.63, 3.8) is 0 Å². The van der Waals surface area contributed by atoms with Crippen LogP contribution < -0.4 is 0 Å². The maximum Gasteiger partial charge on any atom is 0.338 e. The number of phenols is 1. The molecule has 0 saturated carbocycles. The van der Waals surface area contributed by atoms with Crippen LogP contribution >= 0.6 is 0 Å². The Labute approximate surface area is 126 Å². The lowest BCUT2D eigenvalue weighted by Gasteiger charge is -2.11. The van der Waals surface area contributed by atoms with Gasteiger partial charge in [-0.25, -0.2) is 4.79 Å².